The van der Waals surface area contributed by atoms with E-state index in [0.717, 1.165) is 5.56 Å². The number of hydrogen-bond acceptors (Lipinski definition) is 1. The first kappa shape index (κ1) is 15.3. The largest absolute Gasteiger partial charge is 0.349 e. The highest BCUT2D eigenvalue weighted by atomic mass is 16.1. The Morgan fingerprint density at radius 3 is 2.29 bits per heavy atom. The zero-order valence-electron chi connectivity index (χ0n) is 13.2. The Morgan fingerprint density at radius 2 is 1.62 bits per heavy atom. The number of aryl methyl sites for hydroxylation is 3. The molecular formula is C19H23NO. The molecule has 0 unspecified atom stereocenters. The lowest BCUT2D eigenvalue weighted by molar-refractivity contribution is -0.121. The number of rotatable bonds is 4. The summed E-state index contributed by atoms with van der Waals surface area (Å²) in [7, 11) is 0. The van der Waals surface area contributed by atoms with E-state index >= 15 is 0 Å². The summed E-state index contributed by atoms with van der Waals surface area (Å²) in [5, 5.41) is 3.09. The Morgan fingerprint density at radius 1 is 1.00 bits per heavy atom. The van der Waals surface area contributed by atoms with E-state index in [1.165, 1.54) is 22.3 Å². The molecule has 1 atom stereocenters. The van der Waals surface area contributed by atoms with Crippen LogP contribution in [0.25, 0.3) is 0 Å². The molecule has 0 fully saturated rings. The molecule has 2 heteroatoms. The Kier molecular flexibility index (Phi) is 4.79. The molecule has 0 aliphatic carbocycles. The second-order valence-corrected chi connectivity index (χ2v) is 5.81. The molecule has 0 spiro atoms. The topological polar surface area (TPSA) is 29.1 Å². The Hall–Kier alpha value is -2.09. The van der Waals surface area contributed by atoms with Gasteiger partial charge < -0.3 is 5.32 Å². The molecule has 0 heterocycles. The van der Waals surface area contributed by atoms with Crippen LogP contribution >= 0.6 is 0 Å². The van der Waals surface area contributed by atoms with Gasteiger partial charge in [-0.25, -0.2) is 0 Å². The van der Waals surface area contributed by atoms with Crippen LogP contribution in [0, 0.1) is 20.8 Å². The molecule has 0 aliphatic rings. The quantitative estimate of drug-likeness (QED) is 0.900. The number of hydrogen-bond donors (Lipinski definition) is 1. The van der Waals surface area contributed by atoms with Crippen molar-refractivity contribution in [3.63, 3.8) is 0 Å². The van der Waals surface area contributed by atoms with Crippen molar-refractivity contribution in [3.05, 3.63) is 70.3 Å². The monoisotopic (exact) mass is 281 g/mol. The summed E-state index contributed by atoms with van der Waals surface area (Å²) in [6.45, 7) is 8.24. The maximum absolute atomic E-state index is 12.2. The Labute approximate surface area is 127 Å². The third-order valence-electron chi connectivity index (χ3n) is 3.76. The fraction of sp³-hybridized carbons (Fsp3) is 0.316. The van der Waals surface area contributed by atoms with Crippen LogP contribution in [0.15, 0.2) is 42.5 Å². The standard InChI is InChI=1S/C19H23NO/c1-13-6-9-17(10-7-13)12-19(21)20-16(4)18-11-14(2)5-8-15(18)3/h5-11,16H,12H2,1-4H3,(H,20,21)/t16-/m1/s1. The van der Waals surface area contributed by atoms with Crippen molar-refractivity contribution in [1.29, 1.82) is 0 Å². The second kappa shape index (κ2) is 6.57. The Balaban J connectivity index is 2.01. The molecular weight excluding hydrogens is 258 g/mol. The third-order valence-corrected chi connectivity index (χ3v) is 3.76. The van der Waals surface area contributed by atoms with Gasteiger partial charge in [-0.05, 0) is 44.4 Å². The first-order valence-electron chi connectivity index (χ1n) is 7.38. The average molecular weight is 281 g/mol. The molecule has 21 heavy (non-hydrogen) atoms. The van der Waals surface area contributed by atoms with E-state index in [1.807, 2.05) is 38.1 Å². The van der Waals surface area contributed by atoms with Crippen molar-refractivity contribution in [2.24, 2.45) is 0 Å². The summed E-state index contributed by atoms with van der Waals surface area (Å²) in [4.78, 5) is 12.2. The molecule has 2 aromatic carbocycles. The number of carbonyl (C=O) groups is 1. The van der Waals surface area contributed by atoms with Crippen molar-refractivity contribution in [2.45, 2.75) is 40.2 Å². The van der Waals surface area contributed by atoms with Crippen molar-refractivity contribution in [2.75, 3.05) is 0 Å². The lowest BCUT2D eigenvalue weighted by atomic mass is 9.99. The molecule has 2 nitrogen and oxygen atoms in total. The van der Waals surface area contributed by atoms with Gasteiger partial charge in [-0.3, -0.25) is 4.79 Å². The number of nitrogens with one attached hydrogen (secondary N) is 1. The highest BCUT2D eigenvalue weighted by molar-refractivity contribution is 5.79. The summed E-state index contributed by atoms with van der Waals surface area (Å²) in [6.07, 6.45) is 0.426. The molecule has 0 saturated heterocycles. The highest BCUT2D eigenvalue weighted by Gasteiger charge is 2.12. The van der Waals surface area contributed by atoms with Crippen LogP contribution in [0.4, 0.5) is 0 Å². The molecule has 0 aliphatic heterocycles. The summed E-state index contributed by atoms with van der Waals surface area (Å²) in [5.74, 6) is 0.0623. The summed E-state index contributed by atoms with van der Waals surface area (Å²) in [6, 6.07) is 14.5. The minimum Gasteiger partial charge on any atom is -0.349 e. The van der Waals surface area contributed by atoms with Gasteiger partial charge >= 0.3 is 0 Å². The van der Waals surface area contributed by atoms with Gasteiger partial charge in [0.25, 0.3) is 0 Å². The van der Waals surface area contributed by atoms with E-state index in [2.05, 4.69) is 37.4 Å². The lowest BCUT2D eigenvalue weighted by Gasteiger charge is -2.17. The molecule has 2 rings (SSSR count). The van der Waals surface area contributed by atoms with Gasteiger partial charge in [0.15, 0.2) is 0 Å². The number of carbonyl (C=O) groups excluding carboxylic acids is 1. The maximum Gasteiger partial charge on any atom is 0.224 e. The van der Waals surface area contributed by atoms with Gasteiger partial charge in [-0.1, -0.05) is 53.6 Å². The summed E-state index contributed by atoms with van der Waals surface area (Å²) >= 11 is 0. The van der Waals surface area contributed by atoms with Gasteiger partial charge in [0, 0.05) is 0 Å². The molecule has 0 saturated carbocycles. The van der Waals surface area contributed by atoms with E-state index < -0.39 is 0 Å². The van der Waals surface area contributed by atoms with Crippen molar-refractivity contribution in [3.8, 4) is 0 Å². The van der Waals surface area contributed by atoms with Crippen LogP contribution in [0.5, 0.6) is 0 Å². The van der Waals surface area contributed by atoms with Crippen LogP contribution < -0.4 is 5.32 Å². The van der Waals surface area contributed by atoms with Gasteiger partial charge in [-0.2, -0.15) is 0 Å². The highest BCUT2D eigenvalue weighted by Crippen LogP contribution is 2.19. The number of benzene rings is 2. The normalized spacial score (nSPS) is 12.0. The summed E-state index contributed by atoms with van der Waals surface area (Å²) < 4.78 is 0. The second-order valence-electron chi connectivity index (χ2n) is 5.81. The summed E-state index contributed by atoms with van der Waals surface area (Å²) in [5.41, 5.74) is 5.88. The predicted molar refractivity (Wildman–Crippen MR) is 87.4 cm³/mol. The lowest BCUT2D eigenvalue weighted by Crippen LogP contribution is -2.28. The van der Waals surface area contributed by atoms with Crippen LogP contribution in [-0.4, -0.2) is 5.91 Å². The molecule has 1 amide bonds. The van der Waals surface area contributed by atoms with Crippen LogP contribution in [-0.2, 0) is 11.2 Å². The van der Waals surface area contributed by atoms with E-state index in [1.54, 1.807) is 0 Å². The molecule has 0 aromatic heterocycles. The fourth-order valence-corrected chi connectivity index (χ4v) is 2.49. The van der Waals surface area contributed by atoms with E-state index in [0.29, 0.717) is 6.42 Å². The van der Waals surface area contributed by atoms with E-state index in [9.17, 15) is 4.79 Å². The van der Waals surface area contributed by atoms with Gasteiger partial charge in [0.05, 0.1) is 12.5 Å². The van der Waals surface area contributed by atoms with Gasteiger partial charge in [-0.15, -0.1) is 0 Å². The predicted octanol–water partition coefficient (Wildman–Crippen LogP) is 4.03. The average Bonchev–Trinajstić information content (AvgIpc) is 2.44. The minimum atomic E-state index is 0.0304. The van der Waals surface area contributed by atoms with E-state index in [4.69, 9.17) is 0 Å². The first-order chi connectivity index (χ1) is 9.95. The van der Waals surface area contributed by atoms with E-state index in [-0.39, 0.29) is 11.9 Å². The Bertz CT molecular complexity index is 629. The minimum absolute atomic E-state index is 0.0304. The van der Waals surface area contributed by atoms with Gasteiger partial charge in [0.1, 0.15) is 0 Å². The fourth-order valence-electron chi connectivity index (χ4n) is 2.49. The molecule has 2 aromatic rings. The van der Waals surface area contributed by atoms with Crippen molar-refractivity contribution in [1.82, 2.24) is 5.32 Å². The zero-order chi connectivity index (χ0) is 15.4. The van der Waals surface area contributed by atoms with Crippen LogP contribution in [0.3, 0.4) is 0 Å². The number of amides is 1. The molecule has 0 radical (unpaired) electrons. The first-order valence-corrected chi connectivity index (χ1v) is 7.38. The van der Waals surface area contributed by atoms with Crippen LogP contribution in [0.1, 0.15) is 40.8 Å². The van der Waals surface area contributed by atoms with Gasteiger partial charge in [0.2, 0.25) is 5.91 Å². The van der Waals surface area contributed by atoms with Crippen molar-refractivity contribution >= 4 is 5.91 Å². The van der Waals surface area contributed by atoms with Crippen LogP contribution in [0.2, 0.25) is 0 Å². The molecule has 0 bridgehead atoms. The third kappa shape index (κ3) is 4.19. The molecule has 1 N–H and O–H groups in total. The van der Waals surface area contributed by atoms with Crippen molar-refractivity contribution < 1.29 is 4.79 Å². The SMILES string of the molecule is Cc1ccc(CC(=O)N[C@H](C)c2cc(C)ccc2C)cc1. The zero-order valence-corrected chi connectivity index (χ0v) is 13.2. The molecule has 110 valence electrons. The smallest absolute Gasteiger partial charge is 0.224 e. The maximum atomic E-state index is 12.2.